The van der Waals surface area contributed by atoms with Crippen LogP contribution in [0.25, 0.3) is 0 Å². The molecule has 2 amide bonds. The minimum Gasteiger partial charge on any atom is -0.493 e. The normalized spacial score (nSPS) is 9.83. The third kappa shape index (κ3) is 4.74. The topological polar surface area (TPSA) is 76.7 Å². The quantitative estimate of drug-likeness (QED) is 0.826. The maximum atomic E-state index is 11.8. The van der Waals surface area contributed by atoms with E-state index in [1.54, 1.807) is 36.4 Å². The van der Waals surface area contributed by atoms with Crippen molar-refractivity contribution in [2.45, 2.75) is 6.92 Å². The van der Waals surface area contributed by atoms with Crippen molar-refractivity contribution in [2.24, 2.45) is 0 Å². The zero-order chi connectivity index (χ0) is 16.7. The molecule has 0 heterocycles. The molecule has 2 N–H and O–H groups in total. The van der Waals surface area contributed by atoms with Crippen molar-refractivity contribution in [3.8, 4) is 11.5 Å². The molecule has 23 heavy (non-hydrogen) atoms. The van der Waals surface area contributed by atoms with Crippen LogP contribution in [0.1, 0.15) is 15.9 Å². The van der Waals surface area contributed by atoms with E-state index in [-0.39, 0.29) is 6.61 Å². The molecule has 120 valence electrons. The Bertz CT molecular complexity index is 683. The van der Waals surface area contributed by atoms with Crippen LogP contribution in [0.5, 0.6) is 11.5 Å². The van der Waals surface area contributed by atoms with E-state index in [0.717, 1.165) is 5.56 Å². The van der Waals surface area contributed by atoms with Crippen LogP contribution in [-0.2, 0) is 4.79 Å². The summed E-state index contributed by atoms with van der Waals surface area (Å²) in [6.45, 7) is 1.69. The molecule has 0 aliphatic heterocycles. The molecule has 0 saturated carbocycles. The third-order valence-corrected chi connectivity index (χ3v) is 3.06. The second-order valence-corrected chi connectivity index (χ2v) is 4.81. The number of aryl methyl sites for hydroxylation is 1. The largest absolute Gasteiger partial charge is 0.493 e. The highest BCUT2D eigenvalue weighted by Crippen LogP contribution is 2.25. The Labute approximate surface area is 134 Å². The molecular weight excluding hydrogens is 296 g/mol. The first-order valence-electron chi connectivity index (χ1n) is 7.02. The van der Waals surface area contributed by atoms with Crippen molar-refractivity contribution in [1.29, 1.82) is 0 Å². The summed E-state index contributed by atoms with van der Waals surface area (Å²) in [5.74, 6) is 0.117. The molecule has 0 atom stereocenters. The number of nitrogens with one attached hydrogen (secondary N) is 2. The third-order valence-electron chi connectivity index (χ3n) is 3.06. The van der Waals surface area contributed by atoms with E-state index < -0.39 is 11.8 Å². The van der Waals surface area contributed by atoms with Gasteiger partial charge in [0, 0.05) is 5.56 Å². The SMILES string of the molecule is COc1ccccc1OCC(=O)NNC(=O)c1ccc(C)cc1. The summed E-state index contributed by atoms with van der Waals surface area (Å²) in [6, 6.07) is 14.0. The summed E-state index contributed by atoms with van der Waals surface area (Å²) in [6.07, 6.45) is 0. The van der Waals surface area contributed by atoms with Crippen LogP contribution in [0.15, 0.2) is 48.5 Å². The zero-order valence-corrected chi connectivity index (χ0v) is 13.0. The van der Waals surface area contributed by atoms with Gasteiger partial charge in [0.05, 0.1) is 7.11 Å². The van der Waals surface area contributed by atoms with Crippen molar-refractivity contribution in [3.05, 3.63) is 59.7 Å². The van der Waals surface area contributed by atoms with E-state index in [0.29, 0.717) is 17.1 Å². The average molecular weight is 314 g/mol. The molecule has 6 heteroatoms. The molecule has 0 fully saturated rings. The van der Waals surface area contributed by atoms with Crippen molar-refractivity contribution < 1.29 is 19.1 Å². The minimum atomic E-state index is -0.476. The zero-order valence-electron chi connectivity index (χ0n) is 13.0. The Morgan fingerprint density at radius 1 is 0.957 bits per heavy atom. The average Bonchev–Trinajstić information content (AvgIpc) is 2.58. The van der Waals surface area contributed by atoms with Crippen LogP contribution < -0.4 is 20.3 Å². The number of methoxy groups -OCH3 is 1. The minimum absolute atomic E-state index is 0.242. The fraction of sp³-hybridized carbons (Fsp3) is 0.176. The monoisotopic (exact) mass is 314 g/mol. The summed E-state index contributed by atoms with van der Waals surface area (Å²) in [7, 11) is 1.52. The lowest BCUT2D eigenvalue weighted by molar-refractivity contribution is -0.123. The highest BCUT2D eigenvalue weighted by Gasteiger charge is 2.09. The van der Waals surface area contributed by atoms with Gasteiger partial charge in [0.2, 0.25) is 0 Å². The number of carbonyl (C=O) groups is 2. The summed E-state index contributed by atoms with van der Waals surface area (Å²) in [4.78, 5) is 23.6. The molecule has 0 saturated heterocycles. The van der Waals surface area contributed by atoms with Gasteiger partial charge < -0.3 is 9.47 Å². The molecule has 6 nitrogen and oxygen atoms in total. The van der Waals surface area contributed by atoms with Crippen molar-refractivity contribution in [3.63, 3.8) is 0 Å². The molecule has 0 aliphatic rings. The van der Waals surface area contributed by atoms with Crippen LogP contribution in [0.4, 0.5) is 0 Å². The number of hydrazine groups is 1. The maximum absolute atomic E-state index is 11.8. The Morgan fingerprint density at radius 3 is 2.26 bits per heavy atom. The van der Waals surface area contributed by atoms with Gasteiger partial charge in [-0.05, 0) is 31.2 Å². The van der Waals surface area contributed by atoms with Gasteiger partial charge >= 0.3 is 0 Å². The van der Waals surface area contributed by atoms with E-state index in [2.05, 4.69) is 10.9 Å². The van der Waals surface area contributed by atoms with Gasteiger partial charge in [-0.25, -0.2) is 0 Å². The summed E-state index contributed by atoms with van der Waals surface area (Å²) >= 11 is 0. The van der Waals surface area contributed by atoms with E-state index >= 15 is 0 Å². The van der Waals surface area contributed by atoms with E-state index in [9.17, 15) is 9.59 Å². The number of hydrogen-bond donors (Lipinski definition) is 2. The standard InChI is InChI=1S/C17H18N2O4/c1-12-7-9-13(10-8-12)17(21)19-18-16(20)11-23-15-6-4-3-5-14(15)22-2/h3-10H,11H2,1-2H3,(H,18,20)(H,19,21). The molecular formula is C17H18N2O4. The van der Waals surface area contributed by atoms with Gasteiger partial charge in [0.15, 0.2) is 18.1 Å². The molecule has 2 rings (SSSR count). The maximum Gasteiger partial charge on any atom is 0.276 e. The predicted molar refractivity (Wildman–Crippen MR) is 85.3 cm³/mol. The second-order valence-electron chi connectivity index (χ2n) is 4.81. The van der Waals surface area contributed by atoms with Crippen LogP contribution in [0, 0.1) is 6.92 Å². The smallest absolute Gasteiger partial charge is 0.276 e. The second kappa shape index (κ2) is 7.84. The van der Waals surface area contributed by atoms with E-state index in [1.807, 2.05) is 19.1 Å². The number of rotatable bonds is 5. The van der Waals surface area contributed by atoms with Gasteiger partial charge in [-0.1, -0.05) is 29.8 Å². The van der Waals surface area contributed by atoms with Crippen LogP contribution in [0.3, 0.4) is 0 Å². The first-order valence-corrected chi connectivity index (χ1v) is 7.02. The summed E-state index contributed by atoms with van der Waals surface area (Å²) in [5.41, 5.74) is 6.14. The van der Waals surface area contributed by atoms with E-state index in [1.165, 1.54) is 7.11 Å². The van der Waals surface area contributed by atoms with E-state index in [4.69, 9.17) is 9.47 Å². The highest BCUT2D eigenvalue weighted by molar-refractivity contribution is 5.95. The van der Waals surface area contributed by atoms with Gasteiger partial charge in [0.1, 0.15) is 0 Å². The number of amides is 2. The van der Waals surface area contributed by atoms with Crippen LogP contribution in [0.2, 0.25) is 0 Å². The van der Waals surface area contributed by atoms with Gasteiger partial charge in [0.25, 0.3) is 11.8 Å². The fourth-order valence-corrected chi connectivity index (χ4v) is 1.82. The number of hydrogen-bond acceptors (Lipinski definition) is 4. The predicted octanol–water partition coefficient (Wildman–Crippen LogP) is 1.84. The highest BCUT2D eigenvalue weighted by atomic mass is 16.5. The molecule has 0 spiro atoms. The van der Waals surface area contributed by atoms with Gasteiger partial charge in [-0.2, -0.15) is 0 Å². The molecule has 2 aromatic rings. The number of carbonyl (C=O) groups excluding carboxylic acids is 2. The van der Waals surface area contributed by atoms with Crippen molar-refractivity contribution >= 4 is 11.8 Å². The number of benzene rings is 2. The summed E-state index contributed by atoms with van der Waals surface area (Å²) < 4.78 is 10.5. The van der Waals surface area contributed by atoms with Gasteiger partial charge in [-0.15, -0.1) is 0 Å². The Balaban J connectivity index is 1.81. The number of ether oxygens (including phenoxy) is 2. The lowest BCUT2D eigenvalue weighted by atomic mass is 10.1. The van der Waals surface area contributed by atoms with Gasteiger partial charge in [-0.3, -0.25) is 20.4 Å². The van der Waals surface area contributed by atoms with Crippen molar-refractivity contribution in [2.75, 3.05) is 13.7 Å². The first kappa shape index (κ1) is 16.4. The molecule has 0 bridgehead atoms. The lowest BCUT2D eigenvalue weighted by Gasteiger charge is -2.11. The molecule has 0 aromatic heterocycles. The first-order chi connectivity index (χ1) is 11.1. The molecule has 0 unspecified atom stereocenters. The molecule has 0 radical (unpaired) electrons. The fourth-order valence-electron chi connectivity index (χ4n) is 1.82. The Hall–Kier alpha value is -3.02. The Kier molecular flexibility index (Phi) is 5.57. The number of para-hydroxylation sites is 2. The Morgan fingerprint density at radius 2 is 1.61 bits per heavy atom. The lowest BCUT2D eigenvalue weighted by Crippen LogP contribution is -2.43. The molecule has 2 aromatic carbocycles. The van der Waals surface area contributed by atoms with Crippen molar-refractivity contribution in [1.82, 2.24) is 10.9 Å². The van der Waals surface area contributed by atoms with Crippen LogP contribution >= 0.6 is 0 Å². The summed E-state index contributed by atoms with van der Waals surface area (Å²) in [5, 5.41) is 0. The molecule has 0 aliphatic carbocycles. The van der Waals surface area contributed by atoms with Crippen LogP contribution in [-0.4, -0.2) is 25.5 Å².